The molecule has 1 fully saturated rings. The van der Waals surface area contributed by atoms with Crippen molar-refractivity contribution in [2.24, 2.45) is 11.3 Å². The van der Waals surface area contributed by atoms with Crippen LogP contribution in [0.1, 0.15) is 98.8 Å². The lowest BCUT2D eigenvalue weighted by atomic mass is 9.67. The van der Waals surface area contributed by atoms with E-state index in [4.69, 9.17) is 0 Å². The normalized spacial score (nSPS) is 25.8. The first kappa shape index (κ1) is 18.6. The smallest absolute Gasteiger partial charge is 0.00706 e. The van der Waals surface area contributed by atoms with Crippen molar-refractivity contribution in [3.63, 3.8) is 0 Å². The van der Waals surface area contributed by atoms with E-state index in [1.54, 1.807) is 16.7 Å². The molecule has 1 unspecified atom stereocenters. The van der Waals surface area contributed by atoms with Crippen LogP contribution in [0.4, 0.5) is 0 Å². The Labute approximate surface area is 145 Å². The lowest BCUT2D eigenvalue weighted by Crippen LogP contribution is -2.25. The molecule has 0 heterocycles. The number of rotatable bonds is 9. The molecule has 0 N–H and O–H groups in total. The summed E-state index contributed by atoms with van der Waals surface area (Å²) < 4.78 is 0. The molecule has 0 aromatic rings. The number of hydrogen-bond acceptors (Lipinski definition) is 0. The van der Waals surface area contributed by atoms with E-state index in [0.29, 0.717) is 5.41 Å². The molecule has 2 aliphatic carbocycles. The van der Waals surface area contributed by atoms with Gasteiger partial charge in [-0.25, -0.2) is 0 Å². The fraction of sp³-hybridized carbons (Fsp3) is 0.739. The van der Waals surface area contributed by atoms with Gasteiger partial charge in [-0.1, -0.05) is 74.8 Å². The van der Waals surface area contributed by atoms with Crippen LogP contribution < -0.4 is 0 Å². The zero-order valence-electron chi connectivity index (χ0n) is 16.3. The second-order valence-electron chi connectivity index (χ2n) is 8.39. The van der Waals surface area contributed by atoms with Crippen molar-refractivity contribution in [2.75, 3.05) is 0 Å². The Bertz CT molecular complexity index is 484. The Balaban J connectivity index is 2.05. The van der Waals surface area contributed by atoms with Gasteiger partial charge < -0.3 is 0 Å². The summed E-state index contributed by atoms with van der Waals surface area (Å²) in [5.41, 5.74) is 7.02. The Morgan fingerprint density at radius 1 is 1.22 bits per heavy atom. The molecule has 2 rings (SSSR count). The van der Waals surface area contributed by atoms with Gasteiger partial charge in [-0.2, -0.15) is 0 Å². The van der Waals surface area contributed by atoms with Crippen LogP contribution >= 0.6 is 0 Å². The average Bonchev–Trinajstić information content (AvgIpc) is 3.34. The topological polar surface area (TPSA) is 0 Å². The van der Waals surface area contributed by atoms with Crippen molar-refractivity contribution in [2.45, 2.75) is 98.8 Å². The summed E-state index contributed by atoms with van der Waals surface area (Å²) >= 11 is 0. The maximum absolute atomic E-state index is 2.62. The van der Waals surface area contributed by atoms with Gasteiger partial charge in [-0.3, -0.25) is 0 Å². The first-order valence-corrected chi connectivity index (χ1v) is 10.0. The first-order chi connectivity index (χ1) is 11.0. The highest BCUT2D eigenvalue weighted by Gasteiger charge is 2.40. The molecule has 0 radical (unpaired) electrons. The molecule has 0 aromatic heterocycles. The van der Waals surface area contributed by atoms with Crippen LogP contribution in [0.25, 0.3) is 0 Å². The lowest BCUT2D eigenvalue weighted by Gasteiger charge is -2.38. The van der Waals surface area contributed by atoms with Crippen LogP contribution in [-0.4, -0.2) is 0 Å². The van der Waals surface area contributed by atoms with Gasteiger partial charge in [0.05, 0.1) is 0 Å². The number of unbranched alkanes of at least 4 members (excludes halogenated alkanes) is 4. The van der Waals surface area contributed by atoms with E-state index in [-0.39, 0.29) is 0 Å². The highest BCUT2D eigenvalue weighted by atomic mass is 14.4. The summed E-state index contributed by atoms with van der Waals surface area (Å²) in [4.78, 5) is 0. The monoisotopic (exact) mass is 314 g/mol. The van der Waals surface area contributed by atoms with E-state index in [2.05, 4.69) is 46.8 Å². The average molecular weight is 315 g/mol. The Morgan fingerprint density at radius 2 is 1.91 bits per heavy atom. The van der Waals surface area contributed by atoms with Crippen LogP contribution in [-0.2, 0) is 0 Å². The van der Waals surface area contributed by atoms with Crippen molar-refractivity contribution < 1.29 is 0 Å². The minimum Gasteiger partial charge on any atom is -0.0884 e. The van der Waals surface area contributed by atoms with E-state index < -0.39 is 0 Å². The fourth-order valence-electron chi connectivity index (χ4n) is 4.25. The van der Waals surface area contributed by atoms with Crippen LogP contribution in [0, 0.1) is 11.3 Å². The molecule has 1 atom stereocenters. The fourth-order valence-corrected chi connectivity index (χ4v) is 4.25. The summed E-state index contributed by atoms with van der Waals surface area (Å²) in [6.07, 6.45) is 18.6. The molecule has 0 saturated heterocycles. The number of hydrogen-bond donors (Lipinski definition) is 0. The van der Waals surface area contributed by atoms with Crippen LogP contribution in [0.15, 0.2) is 34.4 Å². The zero-order valence-corrected chi connectivity index (χ0v) is 16.3. The Hall–Kier alpha value is -0.780. The zero-order chi connectivity index (χ0) is 16.9. The van der Waals surface area contributed by atoms with E-state index in [9.17, 15) is 0 Å². The lowest BCUT2D eigenvalue weighted by molar-refractivity contribution is 0.322. The molecule has 0 amide bonds. The molecule has 0 nitrogen and oxygen atoms in total. The maximum atomic E-state index is 2.62. The third-order valence-electron chi connectivity index (χ3n) is 6.04. The van der Waals surface area contributed by atoms with Crippen molar-refractivity contribution in [1.82, 2.24) is 0 Å². The molecule has 2 aliphatic rings. The maximum Gasteiger partial charge on any atom is -0.00706 e. The van der Waals surface area contributed by atoms with Crippen LogP contribution in [0.3, 0.4) is 0 Å². The molecule has 0 bridgehead atoms. The van der Waals surface area contributed by atoms with Gasteiger partial charge in [-0.05, 0) is 69.8 Å². The molecule has 0 aromatic carbocycles. The molecule has 1 saturated carbocycles. The third-order valence-corrected chi connectivity index (χ3v) is 6.04. The van der Waals surface area contributed by atoms with Gasteiger partial charge in [0, 0.05) is 0 Å². The van der Waals surface area contributed by atoms with E-state index in [0.717, 1.165) is 12.3 Å². The van der Waals surface area contributed by atoms with Crippen molar-refractivity contribution >= 4 is 0 Å². The molecule has 0 spiro atoms. The first-order valence-electron chi connectivity index (χ1n) is 10.0. The molecule has 0 aliphatic heterocycles. The predicted octanol–water partition coefficient (Wildman–Crippen LogP) is 7.77. The summed E-state index contributed by atoms with van der Waals surface area (Å²) in [7, 11) is 0. The second kappa shape index (κ2) is 8.36. The van der Waals surface area contributed by atoms with Gasteiger partial charge in [0.1, 0.15) is 0 Å². The molecule has 130 valence electrons. The Morgan fingerprint density at radius 3 is 2.52 bits per heavy atom. The highest BCUT2D eigenvalue weighted by Crippen LogP contribution is 2.53. The Kier molecular flexibility index (Phi) is 6.74. The molecule has 23 heavy (non-hydrogen) atoms. The quantitative estimate of drug-likeness (QED) is 0.301. The minimum absolute atomic E-state index is 0.449. The number of allylic oxidation sites excluding steroid dienone is 6. The summed E-state index contributed by atoms with van der Waals surface area (Å²) in [6, 6.07) is 0. The summed E-state index contributed by atoms with van der Waals surface area (Å²) in [5.74, 6) is 0.907. The van der Waals surface area contributed by atoms with Crippen molar-refractivity contribution in [3.05, 3.63) is 34.4 Å². The predicted molar refractivity (Wildman–Crippen MR) is 104 cm³/mol. The third kappa shape index (κ3) is 5.10. The van der Waals surface area contributed by atoms with Crippen LogP contribution in [0.2, 0.25) is 0 Å². The van der Waals surface area contributed by atoms with Crippen LogP contribution in [0.5, 0.6) is 0 Å². The largest absolute Gasteiger partial charge is 0.0884 e. The van der Waals surface area contributed by atoms with Gasteiger partial charge in [0.15, 0.2) is 0 Å². The van der Waals surface area contributed by atoms with Gasteiger partial charge in [0.2, 0.25) is 0 Å². The van der Waals surface area contributed by atoms with Crippen molar-refractivity contribution in [3.8, 4) is 0 Å². The minimum atomic E-state index is 0.449. The molecular weight excluding hydrogens is 276 g/mol. The van der Waals surface area contributed by atoms with E-state index in [1.165, 1.54) is 63.4 Å². The molecular formula is C23H38. The summed E-state index contributed by atoms with van der Waals surface area (Å²) in [6.45, 7) is 11.7. The van der Waals surface area contributed by atoms with Gasteiger partial charge in [-0.15, -0.1) is 0 Å². The van der Waals surface area contributed by atoms with Crippen molar-refractivity contribution in [1.29, 1.82) is 0 Å². The van der Waals surface area contributed by atoms with Gasteiger partial charge in [0.25, 0.3) is 0 Å². The standard InChI is InChI=1S/C23H38/c1-6-8-9-10-11-14-23(5)17-19(4)21(15-18(3)7-2)16-22(23)20-12-13-20/h7,16,20H,6,8-15,17H2,1-5H3. The SMILES string of the molecule is CC=C(C)CC1=C(C)CC(C)(CCCCCCC)C(C2CC2)=C1. The van der Waals surface area contributed by atoms with E-state index in [1.807, 2.05) is 0 Å². The van der Waals surface area contributed by atoms with E-state index >= 15 is 0 Å². The highest BCUT2D eigenvalue weighted by molar-refractivity contribution is 5.41. The molecule has 0 heteroatoms. The second-order valence-corrected chi connectivity index (χ2v) is 8.39. The van der Waals surface area contributed by atoms with Gasteiger partial charge >= 0.3 is 0 Å². The summed E-state index contributed by atoms with van der Waals surface area (Å²) in [5, 5.41) is 0.